The molecule has 0 amide bonds. The molecule has 1 radical (unpaired) electrons. The van der Waals surface area contributed by atoms with E-state index in [2.05, 4.69) is 22.0 Å². The first kappa shape index (κ1) is 11.2. The molecule has 0 aliphatic rings. The van der Waals surface area contributed by atoms with Gasteiger partial charge in [-0.3, -0.25) is 0 Å². The van der Waals surface area contributed by atoms with Crippen LogP contribution in [0.5, 0.6) is 0 Å². The molecule has 0 N–H and O–H groups in total. The second kappa shape index (κ2) is 4.29. The topological polar surface area (TPSA) is 0 Å². The summed E-state index contributed by atoms with van der Waals surface area (Å²) in [6.45, 7) is 0. The highest BCUT2D eigenvalue weighted by molar-refractivity contribution is 9.10. The van der Waals surface area contributed by atoms with Crippen LogP contribution in [-0.4, -0.2) is 0 Å². The minimum absolute atomic E-state index is 0.0579. The third kappa shape index (κ3) is 2.11. The molecule has 0 bridgehead atoms. The molecule has 0 heterocycles. The van der Waals surface area contributed by atoms with Gasteiger partial charge in [0.05, 0.1) is 5.56 Å². The lowest BCUT2D eigenvalue weighted by Crippen LogP contribution is -1.91. The molecule has 81 valence electrons. The van der Waals surface area contributed by atoms with E-state index >= 15 is 0 Å². The van der Waals surface area contributed by atoms with E-state index < -0.39 is 17.5 Å². The molecule has 0 unspecified atom stereocenters. The highest BCUT2D eigenvalue weighted by Crippen LogP contribution is 2.28. The SMILES string of the molecule is Fc1cc[c]c(-c2c(F)cc(Br)cc2F)c1. The molecule has 2 aromatic rings. The largest absolute Gasteiger partial charge is 0.207 e. The number of hydrogen-bond donors (Lipinski definition) is 0. The van der Waals surface area contributed by atoms with Crippen LogP contribution in [0.3, 0.4) is 0 Å². The molecule has 2 aromatic carbocycles. The molecule has 2 rings (SSSR count). The van der Waals surface area contributed by atoms with Crippen molar-refractivity contribution in [2.24, 2.45) is 0 Å². The zero-order chi connectivity index (χ0) is 11.7. The molecule has 16 heavy (non-hydrogen) atoms. The average Bonchev–Trinajstić information content (AvgIpc) is 2.15. The Morgan fingerprint density at radius 1 is 1.00 bits per heavy atom. The fourth-order valence-electron chi connectivity index (χ4n) is 1.38. The van der Waals surface area contributed by atoms with E-state index in [9.17, 15) is 13.2 Å². The number of rotatable bonds is 1. The molecular formula is C12H5BrF3. The Kier molecular flexibility index (Phi) is 3.01. The van der Waals surface area contributed by atoms with Gasteiger partial charge in [0.1, 0.15) is 17.5 Å². The maximum absolute atomic E-state index is 13.5. The number of hydrogen-bond acceptors (Lipinski definition) is 0. The van der Waals surface area contributed by atoms with Crippen molar-refractivity contribution < 1.29 is 13.2 Å². The van der Waals surface area contributed by atoms with E-state index in [4.69, 9.17) is 0 Å². The second-order valence-corrected chi connectivity index (χ2v) is 4.08. The van der Waals surface area contributed by atoms with Crippen molar-refractivity contribution in [2.45, 2.75) is 0 Å². The monoisotopic (exact) mass is 285 g/mol. The highest BCUT2D eigenvalue weighted by atomic mass is 79.9. The van der Waals surface area contributed by atoms with Gasteiger partial charge in [0, 0.05) is 4.47 Å². The maximum atomic E-state index is 13.5. The summed E-state index contributed by atoms with van der Waals surface area (Å²) in [7, 11) is 0. The van der Waals surface area contributed by atoms with E-state index in [1.165, 1.54) is 6.07 Å². The highest BCUT2D eigenvalue weighted by Gasteiger charge is 2.13. The lowest BCUT2D eigenvalue weighted by atomic mass is 10.0. The van der Waals surface area contributed by atoms with E-state index in [0.717, 1.165) is 24.3 Å². The lowest BCUT2D eigenvalue weighted by molar-refractivity contribution is 0.587. The van der Waals surface area contributed by atoms with E-state index in [1.54, 1.807) is 0 Å². The van der Waals surface area contributed by atoms with Gasteiger partial charge in [-0.25, -0.2) is 13.2 Å². The van der Waals surface area contributed by atoms with Gasteiger partial charge >= 0.3 is 0 Å². The summed E-state index contributed by atoms with van der Waals surface area (Å²) in [5.74, 6) is -2.07. The van der Waals surface area contributed by atoms with Crippen molar-refractivity contribution in [1.29, 1.82) is 0 Å². The van der Waals surface area contributed by atoms with Crippen LogP contribution in [0.1, 0.15) is 0 Å². The summed E-state index contributed by atoms with van der Waals surface area (Å²) in [6, 6.07) is 8.32. The van der Waals surface area contributed by atoms with Crippen molar-refractivity contribution in [3.05, 3.63) is 58.3 Å². The molecule has 0 nitrogen and oxygen atoms in total. The van der Waals surface area contributed by atoms with E-state index in [-0.39, 0.29) is 11.1 Å². The Morgan fingerprint density at radius 3 is 2.19 bits per heavy atom. The Balaban J connectivity index is 2.64. The zero-order valence-corrected chi connectivity index (χ0v) is 9.48. The number of benzene rings is 2. The fraction of sp³-hybridized carbons (Fsp3) is 0. The van der Waals surface area contributed by atoms with Crippen LogP contribution >= 0.6 is 15.9 Å². The maximum Gasteiger partial charge on any atom is 0.135 e. The summed E-state index contributed by atoms with van der Waals surface area (Å²) in [5, 5.41) is 0. The van der Waals surface area contributed by atoms with E-state index in [1.807, 2.05) is 0 Å². The quantitative estimate of drug-likeness (QED) is 0.731. The van der Waals surface area contributed by atoms with Gasteiger partial charge in [-0.1, -0.05) is 22.0 Å². The molecule has 0 saturated heterocycles. The summed E-state index contributed by atoms with van der Waals surface area (Å²) in [4.78, 5) is 0. The third-order valence-corrected chi connectivity index (χ3v) is 2.50. The van der Waals surface area contributed by atoms with Crippen molar-refractivity contribution >= 4 is 15.9 Å². The predicted molar refractivity (Wildman–Crippen MR) is 58.3 cm³/mol. The Labute approximate surface area is 98.9 Å². The van der Waals surface area contributed by atoms with Crippen molar-refractivity contribution in [2.75, 3.05) is 0 Å². The van der Waals surface area contributed by atoms with Gasteiger partial charge in [-0.15, -0.1) is 0 Å². The first-order valence-electron chi connectivity index (χ1n) is 4.40. The molecule has 0 aliphatic heterocycles. The molecule has 0 aliphatic carbocycles. The Hall–Kier alpha value is -1.29. The molecule has 0 fully saturated rings. The fourth-order valence-corrected chi connectivity index (χ4v) is 1.78. The van der Waals surface area contributed by atoms with Gasteiger partial charge in [0.2, 0.25) is 0 Å². The van der Waals surface area contributed by atoms with Crippen LogP contribution < -0.4 is 0 Å². The van der Waals surface area contributed by atoms with Gasteiger partial charge in [-0.2, -0.15) is 0 Å². The Bertz CT molecular complexity index is 515. The van der Waals surface area contributed by atoms with Crippen LogP contribution in [0.25, 0.3) is 11.1 Å². The normalized spacial score (nSPS) is 10.5. The van der Waals surface area contributed by atoms with Crippen molar-refractivity contribution in [3.8, 4) is 11.1 Å². The summed E-state index contributed by atoms with van der Waals surface area (Å²) >= 11 is 2.97. The predicted octanol–water partition coefficient (Wildman–Crippen LogP) is 4.33. The molecule has 0 saturated carbocycles. The van der Waals surface area contributed by atoms with Crippen molar-refractivity contribution in [3.63, 3.8) is 0 Å². The van der Waals surface area contributed by atoms with Gasteiger partial charge < -0.3 is 0 Å². The summed E-state index contributed by atoms with van der Waals surface area (Å²) in [5.41, 5.74) is -0.217. The Morgan fingerprint density at radius 2 is 1.62 bits per heavy atom. The zero-order valence-electron chi connectivity index (χ0n) is 7.90. The van der Waals surface area contributed by atoms with Crippen LogP contribution in [-0.2, 0) is 0 Å². The van der Waals surface area contributed by atoms with Crippen LogP contribution in [0.2, 0.25) is 0 Å². The first-order valence-corrected chi connectivity index (χ1v) is 5.19. The average molecular weight is 286 g/mol. The van der Waals surface area contributed by atoms with E-state index in [0.29, 0.717) is 4.47 Å². The van der Waals surface area contributed by atoms with Gasteiger partial charge in [-0.05, 0) is 35.9 Å². The van der Waals surface area contributed by atoms with Crippen LogP contribution in [0.4, 0.5) is 13.2 Å². The summed E-state index contributed by atoms with van der Waals surface area (Å²) in [6.07, 6.45) is 0. The third-order valence-electron chi connectivity index (χ3n) is 2.04. The first-order chi connectivity index (χ1) is 7.58. The van der Waals surface area contributed by atoms with Crippen LogP contribution in [0, 0.1) is 23.5 Å². The molecule has 0 atom stereocenters. The number of halogens is 4. The molecule has 0 spiro atoms. The molecular weight excluding hydrogens is 281 g/mol. The molecule has 0 aromatic heterocycles. The van der Waals surface area contributed by atoms with Crippen molar-refractivity contribution in [1.82, 2.24) is 0 Å². The minimum atomic E-state index is -0.756. The molecule has 4 heteroatoms. The smallest absolute Gasteiger partial charge is 0.135 e. The summed E-state index contributed by atoms with van der Waals surface area (Å²) < 4.78 is 40.2. The minimum Gasteiger partial charge on any atom is -0.207 e. The standard InChI is InChI=1S/C12H5BrF3/c13-8-5-10(15)12(11(16)6-8)7-2-1-3-9(14)4-7/h1,3-6H. The van der Waals surface area contributed by atoms with Gasteiger partial charge in [0.15, 0.2) is 0 Å². The second-order valence-electron chi connectivity index (χ2n) is 3.17. The van der Waals surface area contributed by atoms with Gasteiger partial charge in [0.25, 0.3) is 0 Å². The van der Waals surface area contributed by atoms with Crippen LogP contribution in [0.15, 0.2) is 34.8 Å². The lowest BCUT2D eigenvalue weighted by Gasteiger charge is -2.05.